The summed E-state index contributed by atoms with van der Waals surface area (Å²) in [7, 11) is 0. The van der Waals surface area contributed by atoms with Crippen LogP contribution in [0.25, 0.3) is 0 Å². The van der Waals surface area contributed by atoms with E-state index in [9.17, 15) is 9.90 Å². The van der Waals surface area contributed by atoms with Crippen molar-refractivity contribution in [1.82, 2.24) is 0 Å². The maximum Gasteiger partial charge on any atom is 0.310 e. The third kappa shape index (κ3) is 0.700. The summed E-state index contributed by atoms with van der Waals surface area (Å²) in [6, 6.07) is 0. The van der Waals surface area contributed by atoms with E-state index in [0.29, 0.717) is 17.9 Å². The molecule has 0 radical (unpaired) electrons. The van der Waals surface area contributed by atoms with Crippen LogP contribution in [0.15, 0.2) is 0 Å². The summed E-state index contributed by atoms with van der Waals surface area (Å²) < 4.78 is 5.90. The smallest absolute Gasteiger partial charge is 0.310 e. The van der Waals surface area contributed by atoms with Crippen LogP contribution in [0.5, 0.6) is 0 Å². The summed E-state index contributed by atoms with van der Waals surface area (Å²) in [5.74, 6) is 0.487. The van der Waals surface area contributed by atoms with Crippen LogP contribution < -0.4 is 0 Å². The lowest BCUT2D eigenvalue weighted by atomic mass is 9.35. The molecule has 0 unspecified atom stereocenters. The Morgan fingerprint density at radius 1 is 1.25 bits per heavy atom. The van der Waals surface area contributed by atoms with Gasteiger partial charge in [0, 0.05) is 5.41 Å². The average molecular weight is 222 g/mol. The van der Waals surface area contributed by atoms with Gasteiger partial charge in [0.2, 0.25) is 0 Å². The number of rotatable bonds is 1. The summed E-state index contributed by atoms with van der Waals surface area (Å²) in [4.78, 5) is 11.8. The van der Waals surface area contributed by atoms with Gasteiger partial charge in [-0.2, -0.15) is 0 Å². The van der Waals surface area contributed by atoms with E-state index in [0.717, 1.165) is 38.7 Å². The van der Waals surface area contributed by atoms with Gasteiger partial charge >= 0.3 is 5.97 Å². The summed E-state index contributed by atoms with van der Waals surface area (Å²) in [5.41, 5.74) is -0.371. The highest BCUT2D eigenvalue weighted by Crippen LogP contribution is 2.78. The van der Waals surface area contributed by atoms with Crippen molar-refractivity contribution in [1.29, 1.82) is 0 Å². The molecule has 1 saturated heterocycles. The van der Waals surface area contributed by atoms with Gasteiger partial charge < -0.3 is 9.84 Å². The standard InChI is InChI=1S/C13H18O3/c14-11(15)13-6-2-1-5-12(13)7-16-9-4-3-8(13)10(9)12/h8-10H,1-7H2,(H,14,15)/t8-,9+,10-,12+,13+/m0/s1. The van der Waals surface area contributed by atoms with Crippen molar-refractivity contribution in [3.8, 4) is 0 Å². The fourth-order valence-electron chi connectivity index (χ4n) is 5.71. The molecule has 0 bridgehead atoms. The van der Waals surface area contributed by atoms with Gasteiger partial charge in [-0.05, 0) is 37.5 Å². The summed E-state index contributed by atoms with van der Waals surface area (Å²) in [6.07, 6.45) is 6.89. The predicted molar refractivity (Wildman–Crippen MR) is 56.9 cm³/mol. The van der Waals surface area contributed by atoms with Gasteiger partial charge in [0.05, 0.1) is 18.1 Å². The maximum atomic E-state index is 11.8. The van der Waals surface area contributed by atoms with E-state index in [2.05, 4.69) is 0 Å². The second-order valence-corrected chi connectivity index (χ2v) is 6.20. The van der Waals surface area contributed by atoms with E-state index in [-0.39, 0.29) is 5.41 Å². The number of hydrogen-bond donors (Lipinski definition) is 1. The molecule has 16 heavy (non-hydrogen) atoms. The highest BCUT2D eigenvalue weighted by atomic mass is 16.5. The number of aliphatic carboxylic acids is 1. The van der Waals surface area contributed by atoms with Crippen molar-refractivity contribution in [2.75, 3.05) is 6.61 Å². The van der Waals surface area contributed by atoms with Crippen LogP contribution in [0, 0.1) is 22.7 Å². The predicted octanol–water partition coefficient (Wildman–Crippen LogP) is 2.06. The van der Waals surface area contributed by atoms with Crippen molar-refractivity contribution < 1.29 is 14.6 Å². The largest absolute Gasteiger partial charge is 0.481 e. The van der Waals surface area contributed by atoms with E-state index < -0.39 is 11.4 Å². The highest BCUT2D eigenvalue weighted by molar-refractivity contribution is 5.79. The van der Waals surface area contributed by atoms with Crippen LogP contribution in [-0.2, 0) is 9.53 Å². The molecule has 1 aliphatic heterocycles. The first-order valence-electron chi connectivity index (χ1n) is 6.57. The Hall–Kier alpha value is -0.570. The van der Waals surface area contributed by atoms with Gasteiger partial charge in [-0.1, -0.05) is 12.8 Å². The normalized spacial score (nSPS) is 57.6. The van der Waals surface area contributed by atoms with Crippen LogP contribution >= 0.6 is 0 Å². The minimum atomic E-state index is -0.528. The van der Waals surface area contributed by atoms with Crippen molar-refractivity contribution in [3.05, 3.63) is 0 Å². The SMILES string of the molecule is O=C(O)[C@]12CCCC[C@]13CO[C@@H]1CC[C@H]2[C@@H]13. The quantitative estimate of drug-likeness (QED) is 0.738. The molecule has 3 heteroatoms. The van der Waals surface area contributed by atoms with E-state index in [1.807, 2.05) is 0 Å². The minimum Gasteiger partial charge on any atom is -0.481 e. The molecule has 88 valence electrons. The molecule has 4 aliphatic rings. The van der Waals surface area contributed by atoms with Crippen molar-refractivity contribution in [3.63, 3.8) is 0 Å². The van der Waals surface area contributed by atoms with Crippen LogP contribution in [0.2, 0.25) is 0 Å². The lowest BCUT2D eigenvalue weighted by Crippen LogP contribution is -2.68. The first kappa shape index (κ1) is 9.46. The molecular formula is C13H18O3. The fourth-order valence-corrected chi connectivity index (χ4v) is 5.71. The molecule has 0 aromatic heterocycles. The van der Waals surface area contributed by atoms with Crippen LogP contribution in [0.3, 0.4) is 0 Å². The van der Waals surface area contributed by atoms with Crippen molar-refractivity contribution in [2.45, 2.75) is 44.6 Å². The number of fused-ring (bicyclic) bond motifs is 1. The third-order valence-corrected chi connectivity index (χ3v) is 6.14. The lowest BCUT2D eigenvalue weighted by Gasteiger charge is -2.65. The molecule has 1 spiro atoms. The van der Waals surface area contributed by atoms with E-state index in [1.54, 1.807) is 0 Å². The first-order chi connectivity index (χ1) is 7.72. The zero-order valence-corrected chi connectivity index (χ0v) is 9.45. The second-order valence-electron chi connectivity index (χ2n) is 6.20. The Bertz CT molecular complexity index is 362. The molecule has 4 fully saturated rings. The number of hydrogen-bond acceptors (Lipinski definition) is 2. The molecule has 1 heterocycles. The Morgan fingerprint density at radius 3 is 2.88 bits per heavy atom. The fraction of sp³-hybridized carbons (Fsp3) is 0.923. The first-order valence-corrected chi connectivity index (χ1v) is 6.57. The third-order valence-electron chi connectivity index (χ3n) is 6.14. The topological polar surface area (TPSA) is 46.5 Å². The Labute approximate surface area is 95.2 Å². The molecule has 3 saturated carbocycles. The van der Waals surface area contributed by atoms with E-state index in [1.165, 1.54) is 6.42 Å². The Kier molecular flexibility index (Phi) is 1.56. The maximum absolute atomic E-state index is 11.8. The van der Waals surface area contributed by atoms with Gasteiger partial charge in [0.1, 0.15) is 0 Å². The highest BCUT2D eigenvalue weighted by Gasteiger charge is 2.80. The zero-order valence-electron chi connectivity index (χ0n) is 9.45. The van der Waals surface area contributed by atoms with Gasteiger partial charge in [0.25, 0.3) is 0 Å². The molecule has 0 aromatic rings. The number of ether oxygens (including phenoxy) is 1. The molecule has 0 aromatic carbocycles. The molecule has 0 amide bonds. The number of carboxylic acid groups (broad SMARTS) is 1. The van der Waals surface area contributed by atoms with Crippen molar-refractivity contribution >= 4 is 5.97 Å². The zero-order chi connectivity index (χ0) is 11.0. The van der Waals surface area contributed by atoms with Gasteiger partial charge in [-0.25, -0.2) is 0 Å². The average Bonchev–Trinajstić information content (AvgIpc) is 2.73. The van der Waals surface area contributed by atoms with Gasteiger partial charge in [-0.15, -0.1) is 0 Å². The molecule has 5 atom stereocenters. The molecular weight excluding hydrogens is 204 g/mol. The van der Waals surface area contributed by atoms with Crippen LogP contribution in [0.1, 0.15) is 38.5 Å². The summed E-state index contributed by atoms with van der Waals surface area (Å²) in [6.45, 7) is 0.727. The summed E-state index contributed by atoms with van der Waals surface area (Å²) >= 11 is 0. The molecule has 3 aliphatic carbocycles. The molecule has 4 rings (SSSR count). The molecule has 1 N–H and O–H groups in total. The molecule has 3 nitrogen and oxygen atoms in total. The van der Waals surface area contributed by atoms with Crippen molar-refractivity contribution in [2.24, 2.45) is 22.7 Å². The van der Waals surface area contributed by atoms with E-state index in [4.69, 9.17) is 4.74 Å². The minimum absolute atomic E-state index is 0.0307. The van der Waals surface area contributed by atoms with Gasteiger partial charge in [0.15, 0.2) is 0 Å². The lowest BCUT2D eigenvalue weighted by molar-refractivity contribution is -0.222. The number of carbonyl (C=O) groups is 1. The van der Waals surface area contributed by atoms with Crippen LogP contribution in [-0.4, -0.2) is 23.8 Å². The number of carboxylic acids is 1. The van der Waals surface area contributed by atoms with Crippen LogP contribution in [0.4, 0.5) is 0 Å². The van der Waals surface area contributed by atoms with E-state index >= 15 is 0 Å². The van der Waals surface area contributed by atoms with Gasteiger partial charge in [-0.3, -0.25) is 4.79 Å². The monoisotopic (exact) mass is 222 g/mol. The summed E-state index contributed by atoms with van der Waals surface area (Å²) in [5, 5.41) is 9.73. The Morgan fingerprint density at radius 2 is 2.06 bits per heavy atom. The second kappa shape index (κ2) is 2.63. The Balaban J connectivity index is 1.86.